The van der Waals surface area contributed by atoms with Crippen LogP contribution in [0.4, 0.5) is 26.1 Å². The van der Waals surface area contributed by atoms with Gasteiger partial charge < -0.3 is 5.73 Å². The molecule has 80 valence electrons. The fourth-order valence-electron chi connectivity index (χ4n) is 0.957. The van der Waals surface area contributed by atoms with Gasteiger partial charge in [0.05, 0.1) is 4.90 Å². The van der Waals surface area contributed by atoms with E-state index in [1.165, 1.54) is 0 Å². The number of nitrogen functional groups attached to an aromatic ring is 1. The molecule has 0 bridgehead atoms. The van der Waals surface area contributed by atoms with Crippen LogP contribution in [0.15, 0.2) is 11.0 Å². The first-order valence-electron chi connectivity index (χ1n) is 3.41. The van der Waals surface area contributed by atoms with E-state index < -0.39 is 39.0 Å². The quantitative estimate of drug-likeness (QED) is 0.579. The highest BCUT2D eigenvalue weighted by molar-refractivity contribution is 8.21. The highest BCUT2D eigenvalue weighted by Crippen LogP contribution is 2.62. The fourth-order valence-corrected chi connectivity index (χ4v) is 1.63. The number of rotatable bonds is 1. The third kappa shape index (κ3) is 1.77. The van der Waals surface area contributed by atoms with E-state index in [0.717, 1.165) is 6.92 Å². The van der Waals surface area contributed by atoms with Crippen LogP contribution in [0.1, 0.15) is 5.56 Å². The smallest absolute Gasteiger partial charge is 0.238 e. The van der Waals surface area contributed by atoms with Crippen molar-refractivity contribution in [1.29, 1.82) is 0 Å². The molecule has 0 aliphatic rings. The average molecular weight is 231 g/mol. The maximum absolute atomic E-state index is 12.9. The fraction of sp³-hybridized carbons (Fsp3) is 0.143. The minimum atomic E-state index is -5.63. The minimum absolute atomic E-state index is 0.225. The van der Waals surface area contributed by atoms with Crippen LogP contribution in [0.25, 0.3) is 0 Å². The van der Waals surface area contributed by atoms with Gasteiger partial charge >= 0.3 is 0 Å². The van der Waals surface area contributed by atoms with E-state index in [2.05, 4.69) is 0 Å². The van der Waals surface area contributed by atoms with E-state index >= 15 is 0 Å². The van der Waals surface area contributed by atoms with Crippen molar-refractivity contribution in [3.8, 4) is 0 Å². The molecule has 1 aromatic rings. The number of hydrogen-bond donors (Lipinski definition) is 1. The molecule has 0 saturated heterocycles. The summed E-state index contributed by atoms with van der Waals surface area (Å²) in [5.41, 5.74) is 3.35. The second-order valence-corrected chi connectivity index (χ2v) is 3.87. The second kappa shape index (κ2) is 3.30. The van der Waals surface area contributed by atoms with Crippen LogP contribution < -0.4 is 5.73 Å². The molecule has 14 heavy (non-hydrogen) atoms. The van der Waals surface area contributed by atoms with Crippen molar-refractivity contribution in [1.82, 2.24) is 0 Å². The zero-order valence-electron chi connectivity index (χ0n) is 6.95. The molecular formula is C7H6F5NS. The highest BCUT2D eigenvalue weighted by atomic mass is 32.3. The van der Waals surface area contributed by atoms with Gasteiger partial charge in [0.25, 0.3) is 0 Å². The lowest BCUT2D eigenvalue weighted by Crippen LogP contribution is -2.01. The largest absolute Gasteiger partial charge is 0.394 e. The van der Waals surface area contributed by atoms with Crippen molar-refractivity contribution >= 4 is 16.9 Å². The number of halogens is 5. The van der Waals surface area contributed by atoms with Crippen molar-refractivity contribution in [3.05, 3.63) is 23.3 Å². The maximum Gasteiger partial charge on any atom is 0.238 e. The normalized spacial score (nSPS) is 13.0. The molecule has 0 spiro atoms. The van der Waals surface area contributed by atoms with Gasteiger partial charge in [-0.2, -0.15) is 0 Å². The summed E-state index contributed by atoms with van der Waals surface area (Å²) in [6.07, 6.45) is 0. The van der Waals surface area contributed by atoms with Crippen molar-refractivity contribution in [2.24, 2.45) is 0 Å². The summed E-state index contributed by atoms with van der Waals surface area (Å²) in [6, 6.07) is 0.225. The molecule has 0 saturated carbocycles. The SMILES string of the molecule is Cc1c(S(F)(F)F)cc(F)c(N)c1F. The first-order valence-corrected chi connectivity index (χ1v) is 4.75. The van der Waals surface area contributed by atoms with Gasteiger partial charge in [-0.05, 0) is 13.0 Å². The molecule has 7 heteroatoms. The summed E-state index contributed by atoms with van der Waals surface area (Å²) in [6.45, 7) is 0.918. The van der Waals surface area contributed by atoms with Crippen molar-refractivity contribution in [2.75, 3.05) is 5.73 Å². The van der Waals surface area contributed by atoms with Crippen LogP contribution in [0.5, 0.6) is 0 Å². The van der Waals surface area contributed by atoms with E-state index in [1.54, 1.807) is 0 Å². The number of anilines is 1. The summed E-state index contributed by atoms with van der Waals surface area (Å²) in [5, 5.41) is 0. The molecule has 0 aliphatic heterocycles. The lowest BCUT2D eigenvalue weighted by molar-refractivity contribution is 0.567. The van der Waals surface area contributed by atoms with Gasteiger partial charge in [0, 0.05) is 5.56 Å². The lowest BCUT2D eigenvalue weighted by Gasteiger charge is -2.14. The summed E-state index contributed by atoms with van der Waals surface area (Å²) in [5.74, 6) is -2.72. The Kier molecular flexibility index (Phi) is 2.62. The Bertz CT molecular complexity index is 373. The molecule has 2 N–H and O–H groups in total. The lowest BCUT2D eigenvalue weighted by atomic mass is 10.2. The summed E-state index contributed by atoms with van der Waals surface area (Å²) in [4.78, 5) is -1.26. The first kappa shape index (κ1) is 11.1. The Labute approximate surface area is 78.9 Å². The highest BCUT2D eigenvalue weighted by Gasteiger charge is 2.30. The molecule has 1 rings (SSSR count). The predicted molar refractivity (Wildman–Crippen MR) is 44.7 cm³/mol. The molecular weight excluding hydrogens is 225 g/mol. The zero-order valence-corrected chi connectivity index (χ0v) is 7.77. The van der Waals surface area contributed by atoms with Crippen LogP contribution in [-0.2, 0) is 0 Å². The molecule has 0 atom stereocenters. The van der Waals surface area contributed by atoms with E-state index in [4.69, 9.17) is 5.73 Å². The maximum atomic E-state index is 12.9. The summed E-state index contributed by atoms with van der Waals surface area (Å²) < 4.78 is 62.4. The van der Waals surface area contributed by atoms with Gasteiger partial charge in [0.1, 0.15) is 11.5 Å². The third-order valence-electron chi connectivity index (χ3n) is 1.70. The molecule has 1 aromatic carbocycles. The van der Waals surface area contributed by atoms with Gasteiger partial charge in [-0.1, -0.05) is 0 Å². The van der Waals surface area contributed by atoms with Crippen LogP contribution in [0, 0.1) is 18.6 Å². The van der Waals surface area contributed by atoms with Gasteiger partial charge in [-0.15, -0.1) is 11.7 Å². The Balaban J connectivity index is 3.49. The predicted octanol–water partition coefficient (Wildman–Crippen LogP) is 3.67. The number of hydrogen-bond acceptors (Lipinski definition) is 1. The van der Waals surface area contributed by atoms with Gasteiger partial charge in [0.2, 0.25) is 11.2 Å². The molecule has 0 aromatic heterocycles. The van der Waals surface area contributed by atoms with Crippen LogP contribution in [0.3, 0.4) is 0 Å². The molecule has 1 nitrogen and oxygen atoms in total. The standard InChI is InChI=1S/C7H6F5NS/c1-3-5(14(10,11)12)2-4(8)7(13)6(3)9/h2H,13H2,1H3. The Morgan fingerprint density at radius 2 is 1.71 bits per heavy atom. The molecule has 0 amide bonds. The molecule has 0 unspecified atom stereocenters. The Hall–Kier alpha value is -0.980. The van der Waals surface area contributed by atoms with Gasteiger partial charge in [-0.25, -0.2) is 8.78 Å². The third-order valence-corrected chi connectivity index (χ3v) is 2.62. The Morgan fingerprint density at radius 3 is 2.14 bits per heavy atom. The second-order valence-electron chi connectivity index (χ2n) is 2.62. The van der Waals surface area contributed by atoms with Crippen molar-refractivity contribution in [2.45, 2.75) is 11.8 Å². The topological polar surface area (TPSA) is 26.0 Å². The van der Waals surface area contributed by atoms with Gasteiger partial charge in [0.15, 0.2) is 5.82 Å². The summed E-state index contributed by atoms with van der Waals surface area (Å²) in [7, 11) is 0. The molecule has 0 radical (unpaired) electrons. The molecule has 0 heterocycles. The summed E-state index contributed by atoms with van der Waals surface area (Å²) >= 11 is -5.63. The molecule has 0 aliphatic carbocycles. The molecule has 0 fully saturated rings. The van der Waals surface area contributed by atoms with E-state index in [-0.39, 0.29) is 6.07 Å². The van der Waals surface area contributed by atoms with Crippen LogP contribution in [-0.4, -0.2) is 0 Å². The first-order chi connectivity index (χ1) is 6.25. The average Bonchev–Trinajstić information content (AvgIpc) is 2.06. The van der Waals surface area contributed by atoms with Crippen LogP contribution >= 0.6 is 11.2 Å². The Morgan fingerprint density at radius 1 is 1.21 bits per heavy atom. The van der Waals surface area contributed by atoms with Gasteiger partial charge in [-0.3, -0.25) is 0 Å². The zero-order chi connectivity index (χ0) is 11.1. The van der Waals surface area contributed by atoms with Crippen molar-refractivity contribution < 1.29 is 20.4 Å². The van der Waals surface area contributed by atoms with E-state index in [0.29, 0.717) is 0 Å². The minimum Gasteiger partial charge on any atom is -0.394 e. The van der Waals surface area contributed by atoms with E-state index in [9.17, 15) is 20.4 Å². The van der Waals surface area contributed by atoms with E-state index in [1.807, 2.05) is 0 Å². The number of benzene rings is 1. The van der Waals surface area contributed by atoms with Crippen molar-refractivity contribution in [3.63, 3.8) is 0 Å². The number of nitrogens with two attached hydrogens (primary N) is 1. The monoisotopic (exact) mass is 231 g/mol. The van der Waals surface area contributed by atoms with Crippen LogP contribution in [0.2, 0.25) is 0 Å².